The number of hydrogen-bond donors (Lipinski definition) is 0. The lowest BCUT2D eigenvalue weighted by molar-refractivity contribution is -0.139. The predicted molar refractivity (Wildman–Crippen MR) is 136 cm³/mol. The van der Waals surface area contributed by atoms with Crippen molar-refractivity contribution in [3.63, 3.8) is 0 Å². The van der Waals surface area contributed by atoms with Gasteiger partial charge in [-0.2, -0.15) is 0 Å². The van der Waals surface area contributed by atoms with Crippen molar-refractivity contribution in [3.8, 4) is 5.75 Å². The topological polar surface area (TPSA) is 86.3 Å². The molecule has 0 saturated heterocycles. The number of aromatic nitrogens is 1. The van der Waals surface area contributed by atoms with Crippen molar-refractivity contribution in [1.82, 2.24) is 4.57 Å². The lowest BCUT2D eigenvalue weighted by Crippen LogP contribution is -2.39. The Hall–Kier alpha value is -3.85. The molecule has 0 radical (unpaired) electrons. The number of allylic oxidation sites excluding steroid dienone is 1. The van der Waals surface area contributed by atoms with Gasteiger partial charge >= 0.3 is 5.97 Å². The minimum atomic E-state index is -0.685. The van der Waals surface area contributed by atoms with Gasteiger partial charge in [-0.05, 0) is 37.6 Å². The Bertz CT molecular complexity index is 1460. The highest BCUT2D eigenvalue weighted by atomic mass is 32.1. The summed E-state index contributed by atoms with van der Waals surface area (Å²) in [6.07, 6.45) is 3.36. The predicted octanol–water partition coefficient (Wildman–Crippen LogP) is 3.02. The first-order chi connectivity index (χ1) is 16.8. The van der Waals surface area contributed by atoms with E-state index in [1.165, 1.54) is 11.3 Å². The highest BCUT2D eigenvalue weighted by molar-refractivity contribution is 7.07. The summed E-state index contributed by atoms with van der Waals surface area (Å²) in [5.41, 5.74) is 1.33. The van der Waals surface area contributed by atoms with Gasteiger partial charge in [-0.1, -0.05) is 36.1 Å². The number of carbonyl (C=O) groups is 1. The summed E-state index contributed by atoms with van der Waals surface area (Å²) >= 11 is 1.25. The van der Waals surface area contributed by atoms with Crippen molar-refractivity contribution < 1.29 is 18.7 Å². The average molecular weight is 494 g/mol. The second-order valence-electron chi connectivity index (χ2n) is 8.04. The Labute approximate surface area is 206 Å². The smallest absolute Gasteiger partial charge is 0.338 e. The molecule has 8 nitrogen and oxygen atoms in total. The summed E-state index contributed by atoms with van der Waals surface area (Å²) in [5, 5.41) is 0. The average Bonchev–Trinajstić information content (AvgIpc) is 3.42. The number of hydrogen-bond acceptors (Lipinski definition) is 8. The van der Waals surface area contributed by atoms with E-state index in [2.05, 4.69) is 11.6 Å². The van der Waals surface area contributed by atoms with E-state index >= 15 is 0 Å². The molecule has 0 fully saturated rings. The molecular formula is C26H27N3O5S. The van der Waals surface area contributed by atoms with E-state index in [1.54, 1.807) is 42.7 Å². The normalized spacial score (nSPS) is 15.4. The van der Waals surface area contributed by atoms with Crippen molar-refractivity contribution in [2.45, 2.75) is 19.9 Å². The molecule has 1 aliphatic heterocycles. The lowest BCUT2D eigenvalue weighted by Gasteiger charge is -2.24. The summed E-state index contributed by atoms with van der Waals surface area (Å²) in [4.78, 5) is 33.5. The number of anilines is 1. The fourth-order valence-electron chi connectivity index (χ4n) is 3.80. The number of furan rings is 1. The Morgan fingerprint density at radius 3 is 2.63 bits per heavy atom. The largest absolute Gasteiger partial charge is 0.490 e. The maximum absolute atomic E-state index is 13.6. The first kappa shape index (κ1) is 24.3. The van der Waals surface area contributed by atoms with Gasteiger partial charge in [0.25, 0.3) is 5.56 Å². The third-order valence-corrected chi connectivity index (χ3v) is 6.39. The minimum absolute atomic E-state index is 0.216. The van der Waals surface area contributed by atoms with Gasteiger partial charge < -0.3 is 18.8 Å². The summed E-state index contributed by atoms with van der Waals surface area (Å²) < 4.78 is 18.7. The van der Waals surface area contributed by atoms with Crippen LogP contribution in [0.15, 0.2) is 74.5 Å². The van der Waals surface area contributed by atoms with Crippen LogP contribution in [0.25, 0.3) is 6.08 Å². The number of fused-ring (bicyclic) bond motifs is 1. The zero-order valence-electron chi connectivity index (χ0n) is 20.1. The number of thiazole rings is 1. The summed E-state index contributed by atoms with van der Waals surface area (Å²) in [6.45, 7) is 7.76. The molecule has 1 atom stereocenters. The van der Waals surface area contributed by atoms with Crippen LogP contribution >= 0.6 is 11.3 Å². The van der Waals surface area contributed by atoms with Crippen LogP contribution < -0.4 is 24.5 Å². The van der Waals surface area contributed by atoms with Gasteiger partial charge in [0.1, 0.15) is 18.1 Å². The van der Waals surface area contributed by atoms with Crippen LogP contribution in [-0.2, 0) is 9.53 Å². The first-order valence-corrected chi connectivity index (χ1v) is 12.0. The summed E-state index contributed by atoms with van der Waals surface area (Å²) in [5.74, 6) is 1.40. The van der Waals surface area contributed by atoms with E-state index < -0.39 is 12.0 Å². The molecule has 0 unspecified atom stereocenters. The van der Waals surface area contributed by atoms with Gasteiger partial charge in [0.2, 0.25) is 0 Å². The van der Waals surface area contributed by atoms with Gasteiger partial charge in [-0.3, -0.25) is 9.36 Å². The first-order valence-electron chi connectivity index (χ1n) is 11.1. The van der Waals surface area contributed by atoms with E-state index in [0.717, 1.165) is 5.56 Å². The number of ether oxygens (including phenoxy) is 2. The fourth-order valence-corrected chi connectivity index (χ4v) is 4.82. The SMILES string of the molecule is C=CCOc1ccc([C@@H]2C(C(=O)OCC)=C(C)N=c3sc(=Cc4ccc(N(C)C)o4)c(=O)n32)cc1. The quantitative estimate of drug-likeness (QED) is 0.354. The van der Waals surface area contributed by atoms with Crippen LogP contribution in [0.5, 0.6) is 5.75 Å². The Balaban J connectivity index is 1.86. The lowest BCUT2D eigenvalue weighted by atomic mass is 9.96. The van der Waals surface area contributed by atoms with Crippen LogP contribution in [-0.4, -0.2) is 37.8 Å². The van der Waals surface area contributed by atoms with Crippen LogP contribution in [0.2, 0.25) is 0 Å². The van der Waals surface area contributed by atoms with E-state index in [0.29, 0.717) is 44.6 Å². The maximum Gasteiger partial charge on any atom is 0.338 e. The fraction of sp³-hybridized carbons (Fsp3) is 0.269. The number of carbonyl (C=O) groups excluding carboxylic acids is 1. The van der Waals surface area contributed by atoms with E-state index in [1.807, 2.05) is 43.3 Å². The number of benzene rings is 1. The Morgan fingerprint density at radius 1 is 1.26 bits per heavy atom. The Kier molecular flexibility index (Phi) is 7.07. The van der Waals surface area contributed by atoms with Crippen molar-refractivity contribution in [2.75, 3.05) is 32.2 Å². The number of nitrogens with zero attached hydrogens (tertiary/aromatic N) is 3. The Morgan fingerprint density at radius 2 is 2.00 bits per heavy atom. The molecule has 1 aliphatic rings. The molecular weight excluding hydrogens is 466 g/mol. The molecule has 182 valence electrons. The molecule has 0 spiro atoms. The van der Waals surface area contributed by atoms with Crippen LogP contribution in [0, 0.1) is 0 Å². The molecule has 0 aliphatic carbocycles. The van der Waals surface area contributed by atoms with Gasteiger partial charge in [0, 0.05) is 26.2 Å². The molecule has 0 bridgehead atoms. The second-order valence-corrected chi connectivity index (χ2v) is 9.05. The van der Waals surface area contributed by atoms with Crippen molar-refractivity contribution in [2.24, 2.45) is 4.99 Å². The molecule has 2 aromatic heterocycles. The molecule has 0 amide bonds. The highest BCUT2D eigenvalue weighted by Gasteiger charge is 2.33. The molecule has 4 rings (SSSR count). The standard InChI is InChI=1S/C26H27N3O5S/c1-6-14-33-18-10-8-17(9-11-18)23-22(25(31)32-7-2)16(3)27-26-29(23)24(30)20(35-26)15-19-12-13-21(34-19)28(4)5/h6,8-13,15,23H,1,7,14H2,2-5H3/t23-/m1/s1. The molecule has 1 aromatic carbocycles. The van der Waals surface area contributed by atoms with Crippen molar-refractivity contribution in [1.29, 1.82) is 0 Å². The number of esters is 1. The minimum Gasteiger partial charge on any atom is -0.490 e. The van der Waals surface area contributed by atoms with Crippen LogP contribution in [0.1, 0.15) is 31.2 Å². The van der Waals surface area contributed by atoms with Crippen molar-refractivity contribution in [3.05, 3.63) is 91.3 Å². The number of rotatable bonds is 8. The molecule has 0 saturated carbocycles. The van der Waals surface area contributed by atoms with Crippen LogP contribution in [0.3, 0.4) is 0 Å². The summed E-state index contributed by atoms with van der Waals surface area (Å²) in [6, 6.07) is 10.3. The van der Waals surface area contributed by atoms with E-state index in [4.69, 9.17) is 13.9 Å². The van der Waals surface area contributed by atoms with E-state index in [-0.39, 0.29) is 12.2 Å². The molecule has 9 heteroatoms. The van der Waals surface area contributed by atoms with Crippen molar-refractivity contribution >= 4 is 29.3 Å². The monoisotopic (exact) mass is 493 g/mol. The van der Waals surface area contributed by atoms with Gasteiger partial charge in [0.15, 0.2) is 10.7 Å². The zero-order chi connectivity index (χ0) is 25.1. The molecule has 0 N–H and O–H groups in total. The second kappa shape index (κ2) is 10.2. The van der Waals surface area contributed by atoms with E-state index in [9.17, 15) is 9.59 Å². The maximum atomic E-state index is 13.6. The molecule has 35 heavy (non-hydrogen) atoms. The summed E-state index contributed by atoms with van der Waals surface area (Å²) in [7, 11) is 3.76. The third kappa shape index (κ3) is 4.85. The highest BCUT2D eigenvalue weighted by Crippen LogP contribution is 2.31. The molecule has 3 aromatic rings. The van der Waals surface area contributed by atoms with Crippen LogP contribution in [0.4, 0.5) is 5.88 Å². The zero-order valence-corrected chi connectivity index (χ0v) is 20.9. The van der Waals surface area contributed by atoms with Gasteiger partial charge in [-0.25, -0.2) is 9.79 Å². The van der Waals surface area contributed by atoms with Gasteiger partial charge in [0.05, 0.1) is 28.5 Å². The van der Waals surface area contributed by atoms with Gasteiger partial charge in [-0.15, -0.1) is 0 Å². The third-order valence-electron chi connectivity index (χ3n) is 5.41. The molecule has 3 heterocycles.